The number of amides is 4. The number of urea groups is 1. The summed E-state index contributed by atoms with van der Waals surface area (Å²) in [6, 6.07) is 18.3. The average molecular weight is 567 g/mol. The van der Waals surface area contributed by atoms with Gasteiger partial charge in [0.05, 0.1) is 18.4 Å². The first-order valence-corrected chi connectivity index (χ1v) is 13.7. The van der Waals surface area contributed by atoms with Crippen molar-refractivity contribution in [2.24, 2.45) is 5.92 Å². The smallest absolute Gasteiger partial charge is 0.332 e. The van der Waals surface area contributed by atoms with Gasteiger partial charge in [-0.2, -0.15) is 0 Å². The molecule has 1 fully saturated rings. The number of aliphatic carboxylic acids is 1. The molecule has 0 spiro atoms. The number of ether oxygens (including phenoxy) is 1. The molecule has 42 heavy (non-hydrogen) atoms. The Morgan fingerprint density at radius 1 is 1.02 bits per heavy atom. The van der Waals surface area contributed by atoms with Crippen molar-refractivity contribution in [1.29, 1.82) is 0 Å². The summed E-state index contributed by atoms with van der Waals surface area (Å²) in [6.45, 7) is 3.38. The van der Waals surface area contributed by atoms with Gasteiger partial charge in [0, 0.05) is 23.0 Å². The number of para-hydroxylation sites is 2. The number of hydrogen-bond acceptors (Lipinski definition) is 5. The van der Waals surface area contributed by atoms with Crippen molar-refractivity contribution in [3.8, 4) is 5.75 Å². The number of rotatable bonds is 7. The summed E-state index contributed by atoms with van der Waals surface area (Å²) in [5, 5.41) is 13.1. The first-order valence-electron chi connectivity index (χ1n) is 13.7. The van der Waals surface area contributed by atoms with Gasteiger partial charge in [0.25, 0.3) is 11.8 Å². The minimum atomic E-state index is -1.17. The number of methoxy groups -OCH3 is 1. The maximum Gasteiger partial charge on any atom is 0.332 e. The molecule has 0 bridgehead atoms. The number of carbonyl (C=O) groups excluding carboxylic acids is 3. The standard InChI is InChI=1S/C32H30N4O6/c1-17(2)26(31(39)40)34-29(37)21-12-5-7-14-24(21)36-30(38)25-16-22-20-11-4-6-13-23(20)33-27(22)28(35(25)32(36)41)18-9-8-10-19(15-18)42-3/h4-15,17,25-26,28,33H,16H2,1-3H3,(H,34,37)(H,39,40)/t25-,26-,28?/m0/s1. The van der Waals surface area contributed by atoms with Gasteiger partial charge < -0.3 is 20.1 Å². The molecule has 3 aromatic carbocycles. The summed E-state index contributed by atoms with van der Waals surface area (Å²) in [5.74, 6) is -2.08. The van der Waals surface area contributed by atoms with E-state index in [9.17, 15) is 24.3 Å². The highest BCUT2D eigenvalue weighted by molar-refractivity contribution is 6.24. The first kappa shape index (κ1) is 27.1. The number of hydrogen-bond donors (Lipinski definition) is 3. The molecule has 3 atom stereocenters. The molecule has 6 rings (SSSR count). The van der Waals surface area contributed by atoms with Crippen LogP contribution in [0.4, 0.5) is 10.5 Å². The summed E-state index contributed by atoms with van der Waals surface area (Å²) >= 11 is 0. The summed E-state index contributed by atoms with van der Waals surface area (Å²) < 4.78 is 5.47. The fraction of sp³-hybridized carbons (Fsp3) is 0.250. The van der Waals surface area contributed by atoms with E-state index in [-0.39, 0.29) is 17.2 Å². The van der Waals surface area contributed by atoms with Crippen molar-refractivity contribution in [2.75, 3.05) is 12.0 Å². The van der Waals surface area contributed by atoms with E-state index in [2.05, 4.69) is 10.3 Å². The number of H-pyrrole nitrogens is 1. The van der Waals surface area contributed by atoms with Crippen LogP contribution in [0.5, 0.6) is 5.75 Å². The molecular formula is C32H30N4O6. The van der Waals surface area contributed by atoms with E-state index < -0.39 is 41.9 Å². The Morgan fingerprint density at radius 2 is 1.76 bits per heavy atom. The molecule has 1 aromatic heterocycles. The molecule has 0 saturated carbocycles. The third-order valence-corrected chi connectivity index (χ3v) is 8.07. The Hall–Kier alpha value is -5.12. The molecule has 10 heteroatoms. The van der Waals surface area contributed by atoms with E-state index in [1.54, 1.807) is 38.0 Å². The second-order valence-electron chi connectivity index (χ2n) is 10.9. The van der Waals surface area contributed by atoms with Crippen LogP contribution in [0, 0.1) is 5.92 Å². The van der Waals surface area contributed by atoms with Gasteiger partial charge in [-0.15, -0.1) is 0 Å². The Bertz CT molecular complexity index is 1740. The van der Waals surface area contributed by atoms with E-state index in [0.29, 0.717) is 12.2 Å². The van der Waals surface area contributed by atoms with Gasteiger partial charge in [0.2, 0.25) is 0 Å². The van der Waals surface area contributed by atoms with Crippen LogP contribution in [0.2, 0.25) is 0 Å². The summed E-state index contributed by atoms with van der Waals surface area (Å²) in [5.41, 5.74) is 3.58. The molecule has 2 aliphatic heterocycles. The minimum absolute atomic E-state index is 0.0350. The number of nitrogens with one attached hydrogen (secondary N) is 2. The maximum absolute atomic E-state index is 14.3. The zero-order valence-electron chi connectivity index (χ0n) is 23.3. The van der Waals surface area contributed by atoms with E-state index in [4.69, 9.17) is 4.74 Å². The average Bonchev–Trinajstić information content (AvgIpc) is 3.48. The van der Waals surface area contributed by atoms with E-state index in [1.165, 1.54) is 12.1 Å². The molecular weight excluding hydrogens is 536 g/mol. The quantitative estimate of drug-likeness (QED) is 0.282. The molecule has 1 saturated heterocycles. The van der Waals surface area contributed by atoms with Gasteiger partial charge in [-0.25, -0.2) is 14.5 Å². The lowest BCUT2D eigenvalue weighted by molar-refractivity contribution is -0.140. The van der Waals surface area contributed by atoms with Crippen molar-refractivity contribution in [3.05, 3.63) is 95.2 Å². The molecule has 4 amide bonds. The van der Waals surface area contributed by atoms with Crippen molar-refractivity contribution in [3.63, 3.8) is 0 Å². The van der Waals surface area contributed by atoms with Gasteiger partial charge in [0.1, 0.15) is 23.9 Å². The third-order valence-electron chi connectivity index (χ3n) is 8.07. The van der Waals surface area contributed by atoms with E-state index in [0.717, 1.165) is 32.6 Å². The van der Waals surface area contributed by atoms with Crippen LogP contribution >= 0.6 is 0 Å². The normalized spacial score (nSPS) is 18.7. The SMILES string of the molecule is COc1cccc(C2c3[nH]c4ccccc4c3C[C@H]3C(=O)N(c4ccccc4C(=O)N[C@H](C(=O)O)C(C)C)C(=O)N23)c1. The van der Waals surface area contributed by atoms with Crippen LogP contribution in [0.15, 0.2) is 72.8 Å². The molecule has 0 aliphatic carbocycles. The van der Waals surface area contributed by atoms with Crippen LogP contribution < -0.4 is 15.0 Å². The number of anilines is 1. The van der Waals surface area contributed by atoms with Crippen LogP contribution in [-0.2, 0) is 16.0 Å². The fourth-order valence-electron chi connectivity index (χ4n) is 6.05. The third kappa shape index (κ3) is 4.27. The lowest BCUT2D eigenvalue weighted by atomic mass is 9.89. The number of aromatic amines is 1. The Labute approximate surface area is 241 Å². The predicted molar refractivity (Wildman–Crippen MR) is 156 cm³/mol. The summed E-state index contributed by atoms with van der Waals surface area (Å²) in [7, 11) is 1.57. The highest BCUT2D eigenvalue weighted by atomic mass is 16.5. The number of carboxylic acids is 1. The second-order valence-corrected chi connectivity index (χ2v) is 10.9. The topological polar surface area (TPSA) is 132 Å². The van der Waals surface area contributed by atoms with E-state index in [1.807, 2.05) is 48.5 Å². The van der Waals surface area contributed by atoms with Gasteiger partial charge in [-0.3, -0.25) is 14.5 Å². The maximum atomic E-state index is 14.3. The zero-order valence-corrected chi connectivity index (χ0v) is 23.3. The van der Waals surface area contributed by atoms with E-state index >= 15 is 0 Å². The number of fused-ring (bicyclic) bond motifs is 4. The monoisotopic (exact) mass is 566 g/mol. The Balaban J connectivity index is 1.45. The van der Waals surface area contributed by atoms with Crippen molar-refractivity contribution >= 4 is 40.4 Å². The molecule has 10 nitrogen and oxygen atoms in total. The predicted octanol–water partition coefficient (Wildman–Crippen LogP) is 4.50. The fourth-order valence-corrected chi connectivity index (χ4v) is 6.05. The van der Waals surface area contributed by atoms with Gasteiger partial charge in [-0.05, 0) is 47.4 Å². The zero-order chi connectivity index (χ0) is 29.7. The van der Waals surface area contributed by atoms with Gasteiger partial charge >= 0.3 is 12.0 Å². The first-order chi connectivity index (χ1) is 20.2. The lowest BCUT2D eigenvalue weighted by Crippen LogP contribution is -2.45. The van der Waals surface area contributed by atoms with Crippen molar-refractivity contribution in [1.82, 2.24) is 15.2 Å². The Morgan fingerprint density at radius 3 is 2.50 bits per heavy atom. The Kier molecular flexibility index (Phi) is 6.68. The molecule has 2 aliphatic rings. The van der Waals surface area contributed by atoms with Gasteiger partial charge in [0.15, 0.2) is 0 Å². The highest BCUT2D eigenvalue weighted by Crippen LogP contribution is 2.45. The molecule has 3 N–H and O–H groups in total. The number of benzene rings is 3. The molecule has 0 radical (unpaired) electrons. The summed E-state index contributed by atoms with van der Waals surface area (Å²) in [4.78, 5) is 59.6. The van der Waals surface area contributed by atoms with Crippen LogP contribution in [-0.4, -0.2) is 58.0 Å². The molecule has 3 heterocycles. The number of aromatic nitrogens is 1. The molecule has 1 unspecified atom stereocenters. The largest absolute Gasteiger partial charge is 0.497 e. The molecule has 4 aromatic rings. The number of carboxylic acid groups (broad SMARTS) is 1. The highest BCUT2D eigenvalue weighted by Gasteiger charge is 2.53. The van der Waals surface area contributed by atoms with Crippen LogP contribution in [0.25, 0.3) is 10.9 Å². The minimum Gasteiger partial charge on any atom is -0.497 e. The van der Waals surface area contributed by atoms with Crippen molar-refractivity contribution < 1.29 is 29.0 Å². The van der Waals surface area contributed by atoms with Crippen LogP contribution in [0.3, 0.4) is 0 Å². The van der Waals surface area contributed by atoms with Crippen molar-refractivity contribution in [2.45, 2.75) is 38.4 Å². The number of imide groups is 1. The molecule has 214 valence electrons. The van der Waals surface area contributed by atoms with Crippen LogP contribution in [0.1, 0.15) is 47.1 Å². The second kappa shape index (κ2) is 10.4. The van der Waals surface area contributed by atoms with Gasteiger partial charge in [-0.1, -0.05) is 56.3 Å². The summed E-state index contributed by atoms with van der Waals surface area (Å²) in [6.07, 6.45) is 0.295. The lowest BCUT2D eigenvalue weighted by Gasteiger charge is -2.36. The number of nitrogens with zero attached hydrogens (tertiary/aromatic N) is 2. The number of carbonyl (C=O) groups is 4.